The van der Waals surface area contributed by atoms with Crippen molar-refractivity contribution in [2.45, 2.75) is 25.3 Å². The zero-order valence-corrected chi connectivity index (χ0v) is 11.8. The standard InChI is InChI=1S/C15H21NO3/c1-16(2)13(10-15(17)18-3)11-6-7-14-12(9-11)5-4-8-19-14/h6-7,9,13H,4-5,8,10H2,1-3H3. The van der Waals surface area contributed by atoms with Crippen molar-refractivity contribution < 1.29 is 14.3 Å². The molecule has 4 nitrogen and oxygen atoms in total. The maximum Gasteiger partial charge on any atom is 0.307 e. The van der Waals surface area contributed by atoms with E-state index in [-0.39, 0.29) is 12.0 Å². The van der Waals surface area contributed by atoms with Crippen LogP contribution in [0.25, 0.3) is 0 Å². The first-order valence-corrected chi connectivity index (χ1v) is 6.60. The van der Waals surface area contributed by atoms with Crippen molar-refractivity contribution in [3.8, 4) is 5.75 Å². The van der Waals surface area contributed by atoms with E-state index in [1.54, 1.807) is 0 Å². The molecular weight excluding hydrogens is 242 g/mol. The van der Waals surface area contributed by atoms with E-state index >= 15 is 0 Å². The third-order valence-corrected chi connectivity index (χ3v) is 3.53. The van der Waals surface area contributed by atoms with Crippen LogP contribution in [0.2, 0.25) is 0 Å². The minimum Gasteiger partial charge on any atom is -0.493 e. The number of nitrogens with zero attached hydrogens (tertiary/aromatic N) is 1. The number of benzene rings is 1. The summed E-state index contributed by atoms with van der Waals surface area (Å²) in [7, 11) is 5.38. The van der Waals surface area contributed by atoms with E-state index in [1.807, 2.05) is 31.1 Å². The van der Waals surface area contributed by atoms with Gasteiger partial charge in [0.25, 0.3) is 0 Å². The Morgan fingerprint density at radius 1 is 1.47 bits per heavy atom. The Kier molecular flexibility index (Phi) is 4.43. The molecule has 19 heavy (non-hydrogen) atoms. The third-order valence-electron chi connectivity index (χ3n) is 3.53. The van der Waals surface area contributed by atoms with Crippen LogP contribution in [0.5, 0.6) is 5.75 Å². The van der Waals surface area contributed by atoms with Gasteiger partial charge in [-0.2, -0.15) is 0 Å². The molecule has 0 fully saturated rings. The molecule has 0 spiro atoms. The predicted octanol–water partition coefficient (Wildman–Crippen LogP) is 2.18. The molecule has 1 atom stereocenters. The van der Waals surface area contributed by atoms with Crippen LogP contribution in [0.4, 0.5) is 0 Å². The fourth-order valence-electron chi connectivity index (χ4n) is 2.43. The van der Waals surface area contributed by atoms with Crippen LogP contribution >= 0.6 is 0 Å². The summed E-state index contributed by atoms with van der Waals surface area (Å²) in [5.74, 6) is 0.790. The number of hydrogen-bond acceptors (Lipinski definition) is 4. The quantitative estimate of drug-likeness (QED) is 0.780. The number of carbonyl (C=O) groups is 1. The van der Waals surface area contributed by atoms with Gasteiger partial charge in [-0.05, 0) is 44.1 Å². The molecule has 0 aromatic heterocycles. The lowest BCUT2D eigenvalue weighted by Gasteiger charge is -2.26. The molecule has 0 bridgehead atoms. The second-order valence-electron chi connectivity index (χ2n) is 5.08. The van der Waals surface area contributed by atoms with Crippen LogP contribution in [0, 0.1) is 0 Å². The normalized spacial score (nSPS) is 15.6. The molecular formula is C15H21NO3. The number of carbonyl (C=O) groups excluding carboxylic acids is 1. The van der Waals surface area contributed by atoms with Gasteiger partial charge in [0.1, 0.15) is 5.75 Å². The van der Waals surface area contributed by atoms with E-state index in [1.165, 1.54) is 12.7 Å². The average molecular weight is 263 g/mol. The number of esters is 1. The van der Waals surface area contributed by atoms with E-state index in [0.29, 0.717) is 6.42 Å². The van der Waals surface area contributed by atoms with Crippen LogP contribution in [-0.2, 0) is 16.0 Å². The maximum absolute atomic E-state index is 11.5. The van der Waals surface area contributed by atoms with Gasteiger partial charge in [-0.3, -0.25) is 4.79 Å². The van der Waals surface area contributed by atoms with Crippen molar-refractivity contribution in [1.29, 1.82) is 0 Å². The average Bonchev–Trinajstić information content (AvgIpc) is 2.43. The van der Waals surface area contributed by atoms with Crippen molar-refractivity contribution in [3.63, 3.8) is 0 Å². The SMILES string of the molecule is COC(=O)CC(c1ccc2c(c1)CCCO2)N(C)C. The number of rotatable bonds is 4. The van der Waals surface area contributed by atoms with Crippen LogP contribution in [0.1, 0.15) is 30.0 Å². The van der Waals surface area contributed by atoms with E-state index in [2.05, 4.69) is 6.07 Å². The molecule has 1 aromatic carbocycles. The van der Waals surface area contributed by atoms with E-state index in [4.69, 9.17) is 9.47 Å². The van der Waals surface area contributed by atoms with E-state index in [9.17, 15) is 4.79 Å². The molecule has 1 unspecified atom stereocenters. The Labute approximate surface area is 114 Å². The van der Waals surface area contributed by atoms with Gasteiger partial charge in [-0.15, -0.1) is 0 Å². The first-order valence-electron chi connectivity index (χ1n) is 6.60. The largest absolute Gasteiger partial charge is 0.493 e. The summed E-state index contributed by atoms with van der Waals surface area (Å²) in [5, 5.41) is 0. The van der Waals surface area contributed by atoms with Gasteiger partial charge in [0.2, 0.25) is 0 Å². The third kappa shape index (κ3) is 3.26. The summed E-state index contributed by atoms with van der Waals surface area (Å²) in [4.78, 5) is 13.6. The van der Waals surface area contributed by atoms with Crippen LogP contribution < -0.4 is 4.74 Å². The van der Waals surface area contributed by atoms with Crippen LogP contribution in [0.15, 0.2) is 18.2 Å². The zero-order valence-electron chi connectivity index (χ0n) is 11.8. The van der Waals surface area contributed by atoms with Gasteiger partial charge in [-0.25, -0.2) is 0 Å². The summed E-state index contributed by atoms with van der Waals surface area (Å²) in [6.07, 6.45) is 2.46. The highest BCUT2D eigenvalue weighted by atomic mass is 16.5. The summed E-state index contributed by atoms with van der Waals surface area (Å²) in [5.41, 5.74) is 2.38. The molecule has 0 saturated carbocycles. The van der Waals surface area contributed by atoms with Gasteiger partial charge in [0.15, 0.2) is 0 Å². The summed E-state index contributed by atoms with van der Waals surface area (Å²) < 4.78 is 10.4. The molecule has 1 aliphatic rings. The number of ether oxygens (including phenoxy) is 2. The first-order chi connectivity index (χ1) is 9.11. The highest BCUT2D eigenvalue weighted by Gasteiger charge is 2.20. The molecule has 1 heterocycles. The summed E-state index contributed by atoms with van der Waals surface area (Å²) in [6, 6.07) is 6.25. The Hall–Kier alpha value is -1.55. The van der Waals surface area contributed by atoms with E-state index < -0.39 is 0 Å². The smallest absolute Gasteiger partial charge is 0.307 e. The minimum absolute atomic E-state index is 0.0414. The number of fused-ring (bicyclic) bond motifs is 1. The maximum atomic E-state index is 11.5. The molecule has 0 saturated heterocycles. The molecule has 1 aliphatic heterocycles. The highest BCUT2D eigenvalue weighted by molar-refractivity contribution is 5.70. The molecule has 0 amide bonds. The Bertz CT molecular complexity index is 457. The number of aryl methyl sites for hydroxylation is 1. The molecule has 0 aliphatic carbocycles. The Balaban J connectivity index is 2.24. The number of hydrogen-bond donors (Lipinski definition) is 0. The van der Waals surface area contributed by atoms with Crippen molar-refractivity contribution >= 4 is 5.97 Å². The second-order valence-corrected chi connectivity index (χ2v) is 5.08. The number of methoxy groups -OCH3 is 1. The molecule has 4 heteroatoms. The van der Waals surface area contributed by atoms with Gasteiger partial charge in [0, 0.05) is 6.04 Å². The minimum atomic E-state index is -0.187. The monoisotopic (exact) mass is 263 g/mol. The van der Waals surface area contributed by atoms with Gasteiger partial charge in [-0.1, -0.05) is 12.1 Å². The van der Waals surface area contributed by atoms with Gasteiger partial charge in [0.05, 0.1) is 20.1 Å². The summed E-state index contributed by atoms with van der Waals surface area (Å²) in [6.45, 7) is 0.797. The fourth-order valence-corrected chi connectivity index (χ4v) is 2.43. The lowest BCUT2D eigenvalue weighted by Crippen LogP contribution is -2.23. The first kappa shape index (κ1) is 13.9. The predicted molar refractivity (Wildman–Crippen MR) is 73.3 cm³/mol. The molecule has 1 aromatic rings. The van der Waals surface area contributed by atoms with Crippen LogP contribution in [0.3, 0.4) is 0 Å². The molecule has 0 radical (unpaired) electrons. The lowest BCUT2D eigenvalue weighted by molar-refractivity contribution is -0.141. The van der Waals surface area contributed by atoms with Crippen LogP contribution in [-0.4, -0.2) is 38.7 Å². The highest BCUT2D eigenvalue weighted by Crippen LogP contribution is 2.30. The topological polar surface area (TPSA) is 38.8 Å². The van der Waals surface area contributed by atoms with Crippen molar-refractivity contribution in [3.05, 3.63) is 29.3 Å². The molecule has 104 valence electrons. The van der Waals surface area contributed by atoms with Crippen molar-refractivity contribution in [1.82, 2.24) is 4.90 Å². The fraction of sp³-hybridized carbons (Fsp3) is 0.533. The van der Waals surface area contributed by atoms with Gasteiger partial charge < -0.3 is 14.4 Å². The van der Waals surface area contributed by atoms with E-state index in [0.717, 1.165) is 30.8 Å². The lowest BCUT2D eigenvalue weighted by atomic mass is 9.97. The zero-order chi connectivity index (χ0) is 13.8. The van der Waals surface area contributed by atoms with Gasteiger partial charge >= 0.3 is 5.97 Å². The Morgan fingerprint density at radius 2 is 2.26 bits per heavy atom. The second kappa shape index (κ2) is 6.06. The molecule has 0 N–H and O–H groups in total. The molecule has 2 rings (SSSR count). The van der Waals surface area contributed by atoms with Crippen molar-refractivity contribution in [2.75, 3.05) is 27.8 Å². The Morgan fingerprint density at radius 3 is 2.95 bits per heavy atom. The summed E-state index contributed by atoms with van der Waals surface area (Å²) >= 11 is 0. The van der Waals surface area contributed by atoms with Crippen molar-refractivity contribution in [2.24, 2.45) is 0 Å².